The lowest BCUT2D eigenvalue weighted by Crippen LogP contribution is -2.67. The molecule has 2 fully saturated rings. The number of likely N-dealkylation sites (tertiary alicyclic amines) is 1. The lowest BCUT2D eigenvalue weighted by molar-refractivity contribution is -0.144. The first kappa shape index (κ1) is 24.5. The number of benzene rings is 2. The molecular weight excluding hydrogens is 457 g/mol. The largest absolute Gasteiger partial charge is 0.394 e. The van der Waals surface area contributed by atoms with Crippen LogP contribution >= 0.6 is 11.6 Å². The molecule has 2 aliphatic rings. The molecule has 2 aromatic carbocycles. The number of carbonyl (C=O) groups is 2. The van der Waals surface area contributed by atoms with Crippen LogP contribution in [0, 0.1) is 17.2 Å². The first-order valence-corrected chi connectivity index (χ1v) is 12.1. The van der Waals surface area contributed by atoms with Crippen molar-refractivity contribution in [3.05, 3.63) is 64.9 Å². The van der Waals surface area contributed by atoms with E-state index in [4.69, 9.17) is 11.6 Å². The molecule has 0 aromatic heterocycles. The highest BCUT2D eigenvalue weighted by molar-refractivity contribution is 6.30. The summed E-state index contributed by atoms with van der Waals surface area (Å²) in [5, 5.41) is 13.1. The normalized spacial score (nSPS) is 20.4. The monoisotopic (exact) mass is 487 g/mol. The van der Waals surface area contributed by atoms with Crippen LogP contribution in [0.4, 0.5) is 14.9 Å². The van der Waals surface area contributed by atoms with Crippen LogP contribution in [-0.4, -0.2) is 47.7 Å². The highest BCUT2D eigenvalue weighted by atomic mass is 35.5. The Morgan fingerprint density at radius 3 is 2.32 bits per heavy atom. The molecule has 2 atom stereocenters. The van der Waals surface area contributed by atoms with Crippen molar-refractivity contribution in [3.8, 4) is 0 Å². The van der Waals surface area contributed by atoms with Crippen LogP contribution in [0.5, 0.6) is 0 Å². The first-order chi connectivity index (χ1) is 16.2. The lowest BCUT2D eigenvalue weighted by atomic mass is 9.62. The number of piperidine rings is 1. The number of aliphatic hydroxyl groups excluding tert-OH is 1. The molecule has 34 heavy (non-hydrogen) atoms. The average Bonchev–Trinajstić information content (AvgIpc) is 2.83. The van der Waals surface area contributed by atoms with Gasteiger partial charge in [0.25, 0.3) is 0 Å². The zero-order valence-electron chi connectivity index (χ0n) is 19.5. The number of amides is 3. The lowest BCUT2D eigenvalue weighted by Gasteiger charge is -2.59. The molecule has 0 aliphatic carbocycles. The van der Waals surface area contributed by atoms with Crippen LogP contribution in [0.25, 0.3) is 0 Å². The van der Waals surface area contributed by atoms with Gasteiger partial charge in [0.2, 0.25) is 5.91 Å². The van der Waals surface area contributed by atoms with Gasteiger partial charge in [-0.2, -0.15) is 0 Å². The molecular formula is C26H31ClFN3O3. The maximum absolute atomic E-state index is 13.6. The highest BCUT2D eigenvalue weighted by Gasteiger charge is 2.62. The minimum atomic E-state index is -0.632. The van der Waals surface area contributed by atoms with Crippen molar-refractivity contribution in [1.82, 2.24) is 10.2 Å². The van der Waals surface area contributed by atoms with Crippen molar-refractivity contribution in [2.24, 2.45) is 11.3 Å². The van der Waals surface area contributed by atoms with Crippen LogP contribution in [0.2, 0.25) is 5.02 Å². The number of halogens is 2. The molecule has 1 spiro atoms. The summed E-state index contributed by atoms with van der Waals surface area (Å²) in [7, 11) is 0. The molecule has 6 nitrogen and oxygen atoms in total. The minimum Gasteiger partial charge on any atom is -0.394 e. The third kappa shape index (κ3) is 4.64. The Morgan fingerprint density at radius 1 is 1.15 bits per heavy atom. The summed E-state index contributed by atoms with van der Waals surface area (Å²) in [6.07, 6.45) is 1.75. The van der Waals surface area contributed by atoms with E-state index in [-0.39, 0.29) is 36.4 Å². The van der Waals surface area contributed by atoms with Crippen LogP contribution in [0.3, 0.4) is 0 Å². The Kier molecular flexibility index (Phi) is 7.14. The van der Waals surface area contributed by atoms with Gasteiger partial charge in [0, 0.05) is 23.8 Å². The van der Waals surface area contributed by atoms with Gasteiger partial charge in [0.05, 0.1) is 24.1 Å². The predicted molar refractivity (Wildman–Crippen MR) is 130 cm³/mol. The van der Waals surface area contributed by atoms with E-state index in [2.05, 4.69) is 5.32 Å². The Hall–Kier alpha value is -2.64. The van der Waals surface area contributed by atoms with Crippen LogP contribution in [0.15, 0.2) is 48.5 Å². The zero-order chi connectivity index (χ0) is 24.5. The molecule has 2 aromatic rings. The Balaban J connectivity index is 1.53. The Bertz CT molecular complexity index is 1020. The second kappa shape index (κ2) is 9.92. The third-order valence-electron chi connectivity index (χ3n) is 6.96. The minimum absolute atomic E-state index is 0.00726. The molecule has 0 bridgehead atoms. The van der Waals surface area contributed by atoms with E-state index in [1.54, 1.807) is 21.9 Å². The summed E-state index contributed by atoms with van der Waals surface area (Å²) < 4.78 is 13.5. The standard InChI is InChI=1S/C26H31ClFN3O3/c1-17(2)15-21(16-32)29-25(34)30-13-11-26(12-14-30)23(18-3-5-19(27)6-4-18)31(24(26)33)22-9-7-20(28)8-10-22/h3-10,17,21,23,32H,11-16H2,1-2H3,(H,29,34)/t21-,23?/m0/s1. The van der Waals surface area contributed by atoms with E-state index in [0.29, 0.717) is 49.0 Å². The summed E-state index contributed by atoms with van der Waals surface area (Å²) in [6, 6.07) is 12.7. The molecule has 0 radical (unpaired) electrons. The fraction of sp³-hybridized carbons (Fsp3) is 0.462. The summed E-state index contributed by atoms with van der Waals surface area (Å²) in [4.78, 5) is 29.8. The van der Waals surface area contributed by atoms with Crippen molar-refractivity contribution >= 4 is 29.2 Å². The smallest absolute Gasteiger partial charge is 0.317 e. The van der Waals surface area contributed by atoms with Crippen molar-refractivity contribution < 1.29 is 19.1 Å². The van der Waals surface area contributed by atoms with Gasteiger partial charge >= 0.3 is 6.03 Å². The Morgan fingerprint density at radius 2 is 1.76 bits per heavy atom. The summed E-state index contributed by atoms with van der Waals surface area (Å²) in [5.74, 6) is -0.00754. The number of hydrogen-bond donors (Lipinski definition) is 2. The van der Waals surface area contributed by atoms with Crippen molar-refractivity contribution in [2.75, 3.05) is 24.6 Å². The number of carbonyl (C=O) groups excluding carboxylic acids is 2. The summed E-state index contributed by atoms with van der Waals surface area (Å²) in [6.45, 7) is 4.87. The van der Waals surface area contributed by atoms with Gasteiger partial charge in [-0.15, -0.1) is 0 Å². The van der Waals surface area contributed by atoms with Crippen LogP contribution in [0.1, 0.15) is 44.7 Å². The SMILES string of the molecule is CC(C)C[C@@H](CO)NC(=O)N1CCC2(CC1)C(=O)N(c1ccc(F)cc1)C2c1ccc(Cl)cc1. The highest BCUT2D eigenvalue weighted by Crippen LogP contribution is 2.57. The summed E-state index contributed by atoms with van der Waals surface area (Å²) >= 11 is 6.10. The van der Waals surface area contributed by atoms with E-state index < -0.39 is 5.41 Å². The van der Waals surface area contributed by atoms with E-state index in [0.717, 1.165) is 5.56 Å². The topological polar surface area (TPSA) is 72.9 Å². The number of aliphatic hydroxyl groups is 1. The number of β-lactam (4-membered cyclic amide) rings is 1. The van der Waals surface area contributed by atoms with Crippen molar-refractivity contribution in [3.63, 3.8) is 0 Å². The molecule has 2 heterocycles. The Labute approximate surface area is 204 Å². The summed E-state index contributed by atoms with van der Waals surface area (Å²) in [5.41, 5.74) is 0.980. The first-order valence-electron chi connectivity index (χ1n) is 11.8. The quantitative estimate of drug-likeness (QED) is 0.577. The number of nitrogens with zero attached hydrogens (tertiary/aromatic N) is 2. The zero-order valence-corrected chi connectivity index (χ0v) is 20.3. The molecule has 2 saturated heterocycles. The second-order valence-corrected chi connectivity index (χ2v) is 10.1. The van der Waals surface area contributed by atoms with Crippen LogP contribution in [-0.2, 0) is 4.79 Å². The fourth-order valence-corrected chi connectivity index (χ4v) is 5.37. The maximum atomic E-state index is 13.6. The fourth-order valence-electron chi connectivity index (χ4n) is 5.25. The van der Waals surface area contributed by atoms with E-state index in [9.17, 15) is 19.1 Å². The predicted octanol–water partition coefficient (Wildman–Crippen LogP) is 4.77. The number of hydrogen-bond acceptors (Lipinski definition) is 3. The average molecular weight is 488 g/mol. The van der Waals surface area contributed by atoms with Gasteiger partial charge in [0.1, 0.15) is 5.82 Å². The van der Waals surface area contributed by atoms with Crippen molar-refractivity contribution in [2.45, 2.75) is 45.2 Å². The number of anilines is 1. The van der Waals surface area contributed by atoms with Gasteiger partial charge in [-0.1, -0.05) is 37.6 Å². The number of nitrogens with one attached hydrogen (secondary N) is 1. The maximum Gasteiger partial charge on any atom is 0.317 e. The van der Waals surface area contributed by atoms with Gasteiger partial charge in [-0.3, -0.25) is 4.79 Å². The van der Waals surface area contributed by atoms with E-state index >= 15 is 0 Å². The number of rotatable bonds is 6. The van der Waals surface area contributed by atoms with E-state index in [1.807, 2.05) is 38.1 Å². The molecule has 4 rings (SSSR count). The molecule has 1 unspecified atom stereocenters. The van der Waals surface area contributed by atoms with Gasteiger partial charge < -0.3 is 20.2 Å². The van der Waals surface area contributed by atoms with Gasteiger partial charge in [-0.05, 0) is 67.1 Å². The van der Waals surface area contributed by atoms with Crippen LogP contribution < -0.4 is 10.2 Å². The number of urea groups is 1. The van der Waals surface area contributed by atoms with Gasteiger partial charge in [0.15, 0.2) is 0 Å². The van der Waals surface area contributed by atoms with Gasteiger partial charge in [-0.25, -0.2) is 9.18 Å². The molecule has 2 N–H and O–H groups in total. The third-order valence-corrected chi connectivity index (χ3v) is 7.22. The molecule has 8 heteroatoms. The van der Waals surface area contributed by atoms with E-state index in [1.165, 1.54) is 12.1 Å². The molecule has 2 aliphatic heterocycles. The molecule has 182 valence electrons. The molecule has 0 saturated carbocycles. The van der Waals surface area contributed by atoms with Crippen molar-refractivity contribution in [1.29, 1.82) is 0 Å². The molecule has 3 amide bonds. The second-order valence-electron chi connectivity index (χ2n) is 9.71.